The number of nitrogens with one attached hydrogen (secondary N) is 2. The molecule has 30 heavy (non-hydrogen) atoms. The lowest BCUT2D eigenvalue weighted by Gasteiger charge is -2.31. The fourth-order valence-electron chi connectivity index (χ4n) is 4.45. The van der Waals surface area contributed by atoms with E-state index in [1.54, 1.807) is 18.2 Å². The molecular formula is C24H28ClN3O2+2. The Morgan fingerprint density at radius 1 is 1.03 bits per heavy atom. The van der Waals surface area contributed by atoms with Crippen molar-refractivity contribution in [2.75, 3.05) is 37.6 Å². The molecule has 0 radical (unpaired) electrons. The van der Waals surface area contributed by atoms with Crippen molar-refractivity contribution >= 4 is 35.2 Å². The molecule has 6 heteroatoms. The number of hydrogen-bond donors (Lipinski definition) is 2. The highest BCUT2D eigenvalue weighted by atomic mass is 35.5. The number of amides is 2. The van der Waals surface area contributed by atoms with E-state index in [2.05, 4.69) is 24.3 Å². The average Bonchev–Trinajstić information content (AvgIpc) is 3.05. The molecule has 0 spiro atoms. The van der Waals surface area contributed by atoms with Crippen LogP contribution in [0.15, 0.2) is 54.6 Å². The predicted molar refractivity (Wildman–Crippen MR) is 119 cm³/mol. The summed E-state index contributed by atoms with van der Waals surface area (Å²) in [6, 6.07) is 15.4. The van der Waals surface area contributed by atoms with Crippen LogP contribution in [0.5, 0.6) is 0 Å². The van der Waals surface area contributed by atoms with Gasteiger partial charge in [0, 0.05) is 5.02 Å². The Morgan fingerprint density at radius 2 is 1.77 bits per heavy atom. The Morgan fingerprint density at radius 3 is 2.50 bits per heavy atom. The van der Waals surface area contributed by atoms with E-state index in [0.717, 1.165) is 38.3 Å². The lowest BCUT2D eigenvalue weighted by Crippen LogP contribution is -3.30. The Labute approximate surface area is 182 Å². The molecule has 5 nitrogen and oxygen atoms in total. The predicted octanol–water partition coefficient (Wildman–Crippen LogP) is 0.777. The van der Waals surface area contributed by atoms with E-state index in [0.29, 0.717) is 10.7 Å². The number of benzene rings is 2. The quantitative estimate of drug-likeness (QED) is 0.695. The van der Waals surface area contributed by atoms with E-state index in [1.165, 1.54) is 20.3 Å². The number of rotatable bonds is 5. The molecule has 2 saturated heterocycles. The SMILES string of the molecule is Cc1c(Cl)cccc1N1C(=O)C[C@H]([NH+]2CC[NH+](C/C=C/c3ccccc3)CC2)C1=O. The lowest BCUT2D eigenvalue weighted by molar-refractivity contribution is -1.02. The maximum atomic E-state index is 13.1. The van der Waals surface area contributed by atoms with Crippen LogP contribution in [0.2, 0.25) is 5.02 Å². The molecule has 2 aromatic rings. The minimum absolute atomic E-state index is 0.0900. The average molecular weight is 426 g/mol. The largest absolute Gasteiger partial charge is 0.322 e. The molecule has 1 atom stereocenters. The van der Waals surface area contributed by atoms with Crippen LogP contribution >= 0.6 is 11.6 Å². The summed E-state index contributed by atoms with van der Waals surface area (Å²) in [6.07, 6.45) is 4.67. The van der Waals surface area contributed by atoms with Crippen LogP contribution in [0.4, 0.5) is 5.69 Å². The highest BCUT2D eigenvalue weighted by molar-refractivity contribution is 6.32. The van der Waals surface area contributed by atoms with Crippen molar-refractivity contribution in [3.8, 4) is 0 Å². The van der Waals surface area contributed by atoms with Crippen LogP contribution < -0.4 is 14.7 Å². The van der Waals surface area contributed by atoms with Crippen molar-refractivity contribution in [3.05, 3.63) is 70.8 Å². The number of anilines is 1. The van der Waals surface area contributed by atoms with Gasteiger partial charge in [-0.3, -0.25) is 9.59 Å². The molecule has 0 unspecified atom stereocenters. The first-order chi connectivity index (χ1) is 14.5. The van der Waals surface area contributed by atoms with Crippen molar-refractivity contribution < 1.29 is 19.4 Å². The third-order valence-corrected chi connectivity index (χ3v) is 6.64. The lowest BCUT2D eigenvalue weighted by atomic mass is 10.1. The topological polar surface area (TPSA) is 46.3 Å². The summed E-state index contributed by atoms with van der Waals surface area (Å²) in [5.41, 5.74) is 2.61. The van der Waals surface area contributed by atoms with Crippen LogP contribution in [-0.4, -0.2) is 50.6 Å². The molecule has 2 aliphatic rings. The molecule has 0 saturated carbocycles. The number of quaternary nitrogens is 2. The molecule has 0 aliphatic carbocycles. The number of carbonyl (C=O) groups is 2. The zero-order chi connectivity index (χ0) is 21.1. The van der Waals surface area contributed by atoms with Crippen molar-refractivity contribution in [1.29, 1.82) is 0 Å². The molecule has 2 aliphatic heterocycles. The molecule has 156 valence electrons. The van der Waals surface area contributed by atoms with Crippen molar-refractivity contribution in [3.63, 3.8) is 0 Å². The first-order valence-corrected chi connectivity index (χ1v) is 10.9. The maximum absolute atomic E-state index is 13.1. The van der Waals surface area contributed by atoms with Gasteiger partial charge in [-0.15, -0.1) is 0 Å². The molecule has 0 bridgehead atoms. The Balaban J connectivity index is 1.35. The number of piperazine rings is 1. The number of imide groups is 1. The fraction of sp³-hybridized carbons (Fsp3) is 0.333. The van der Waals surface area contributed by atoms with Gasteiger partial charge in [-0.25, -0.2) is 4.90 Å². The molecule has 2 fully saturated rings. The third-order valence-electron chi connectivity index (χ3n) is 6.24. The highest BCUT2D eigenvalue weighted by Gasteiger charge is 2.47. The summed E-state index contributed by atoms with van der Waals surface area (Å²) in [7, 11) is 0. The smallest absolute Gasteiger partial charge is 0.292 e. The van der Waals surface area contributed by atoms with E-state index in [4.69, 9.17) is 11.6 Å². The van der Waals surface area contributed by atoms with E-state index in [-0.39, 0.29) is 24.3 Å². The normalized spacial score (nSPS) is 24.7. The highest BCUT2D eigenvalue weighted by Crippen LogP contribution is 2.29. The van der Waals surface area contributed by atoms with Crippen LogP contribution in [-0.2, 0) is 9.59 Å². The van der Waals surface area contributed by atoms with Gasteiger partial charge in [-0.05, 0) is 36.3 Å². The van der Waals surface area contributed by atoms with Gasteiger partial charge in [0.1, 0.15) is 26.2 Å². The van der Waals surface area contributed by atoms with Crippen LogP contribution in [0, 0.1) is 6.92 Å². The Bertz CT molecular complexity index is 952. The van der Waals surface area contributed by atoms with Gasteiger partial charge >= 0.3 is 0 Å². The van der Waals surface area contributed by atoms with Gasteiger partial charge in [0.2, 0.25) is 5.91 Å². The summed E-state index contributed by atoms with van der Waals surface area (Å²) in [5, 5.41) is 0.574. The standard InChI is InChI=1S/C24H26ClN3O2/c1-18-20(25)10-5-11-21(18)28-23(29)17-22(24(28)30)27-15-13-26(14-16-27)12-6-9-19-7-3-2-4-8-19/h2-11,22H,12-17H2,1H3/p+2/b9-6+/t22-/m0/s1. The zero-order valence-corrected chi connectivity index (χ0v) is 18.0. The molecule has 4 rings (SSSR count). The van der Waals surface area contributed by atoms with Crippen LogP contribution in [0.3, 0.4) is 0 Å². The number of carbonyl (C=O) groups excluding carboxylic acids is 2. The van der Waals surface area contributed by atoms with Gasteiger partial charge in [0.15, 0.2) is 6.04 Å². The molecule has 0 aromatic heterocycles. The van der Waals surface area contributed by atoms with E-state index >= 15 is 0 Å². The van der Waals surface area contributed by atoms with Gasteiger partial charge in [0.05, 0.1) is 18.7 Å². The van der Waals surface area contributed by atoms with Crippen LogP contribution in [0.25, 0.3) is 6.08 Å². The van der Waals surface area contributed by atoms with Gasteiger partial charge in [-0.2, -0.15) is 0 Å². The van der Waals surface area contributed by atoms with E-state index < -0.39 is 0 Å². The second kappa shape index (κ2) is 9.13. The first-order valence-electron chi connectivity index (χ1n) is 10.6. The number of halogens is 1. The number of nitrogens with zero attached hydrogens (tertiary/aromatic N) is 1. The Hall–Kier alpha value is -2.47. The number of hydrogen-bond acceptors (Lipinski definition) is 2. The first kappa shape index (κ1) is 20.8. The summed E-state index contributed by atoms with van der Waals surface area (Å²) in [6.45, 7) is 6.64. The summed E-state index contributed by atoms with van der Waals surface area (Å²) < 4.78 is 0. The minimum Gasteiger partial charge on any atom is -0.322 e. The third kappa shape index (κ3) is 4.33. The summed E-state index contributed by atoms with van der Waals surface area (Å²) in [4.78, 5) is 29.9. The monoisotopic (exact) mass is 425 g/mol. The molecule has 2 heterocycles. The zero-order valence-electron chi connectivity index (χ0n) is 17.2. The Kier molecular flexibility index (Phi) is 6.32. The van der Waals surface area contributed by atoms with Gasteiger partial charge < -0.3 is 9.80 Å². The second-order valence-corrected chi connectivity index (χ2v) is 8.54. The maximum Gasteiger partial charge on any atom is 0.292 e. The van der Waals surface area contributed by atoms with Gasteiger partial charge in [0.25, 0.3) is 5.91 Å². The molecule has 2 aromatic carbocycles. The molecular weight excluding hydrogens is 398 g/mol. The summed E-state index contributed by atoms with van der Waals surface area (Å²) in [5.74, 6) is -0.212. The van der Waals surface area contributed by atoms with Crippen molar-refractivity contribution in [2.24, 2.45) is 0 Å². The minimum atomic E-state index is -0.280. The molecule has 2 N–H and O–H groups in total. The molecule has 2 amide bonds. The van der Waals surface area contributed by atoms with Crippen LogP contribution in [0.1, 0.15) is 17.5 Å². The van der Waals surface area contributed by atoms with Crippen molar-refractivity contribution in [1.82, 2.24) is 0 Å². The summed E-state index contributed by atoms with van der Waals surface area (Å²) >= 11 is 6.21. The second-order valence-electron chi connectivity index (χ2n) is 8.13. The van der Waals surface area contributed by atoms with Crippen molar-refractivity contribution in [2.45, 2.75) is 19.4 Å². The van der Waals surface area contributed by atoms with E-state index in [1.807, 2.05) is 25.1 Å². The van der Waals surface area contributed by atoms with Gasteiger partial charge in [-0.1, -0.05) is 54.1 Å². The fourth-order valence-corrected chi connectivity index (χ4v) is 4.61. The van der Waals surface area contributed by atoms with E-state index in [9.17, 15) is 9.59 Å².